The molecule has 3 aliphatic heterocycles. The quantitative estimate of drug-likeness (QED) is 0.911. The average Bonchev–Trinajstić information content (AvgIpc) is 2.88. The molecule has 3 aliphatic rings. The van der Waals surface area contributed by atoms with E-state index in [4.69, 9.17) is 4.74 Å². The summed E-state index contributed by atoms with van der Waals surface area (Å²) in [5.41, 5.74) is 0.611. The molecule has 5 heteroatoms. The third-order valence-corrected chi connectivity index (χ3v) is 5.26. The molecule has 0 aromatic heterocycles. The minimum Gasteiger partial charge on any atom is -0.491 e. The van der Waals surface area contributed by atoms with E-state index in [-0.39, 0.29) is 12.1 Å². The van der Waals surface area contributed by atoms with Crippen molar-refractivity contribution >= 4 is 6.03 Å². The molecule has 0 unspecified atom stereocenters. The SMILES string of the molecule is CC(C)Oc1cccc(C(C)(C)NC(=O)N2CCN3CCC2CC3)c1. The van der Waals surface area contributed by atoms with Crippen molar-refractivity contribution in [1.82, 2.24) is 15.1 Å². The number of amides is 2. The zero-order valence-electron chi connectivity index (χ0n) is 15.9. The van der Waals surface area contributed by atoms with E-state index < -0.39 is 5.54 Å². The van der Waals surface area contributed by atoms with Crippen LogP contribution in [0.15, 0.2) is 24.3 Å². The van der Waals surface area contributed by atoms with Gasteiger partial charge < -0.3 is 19.9 Å². The summed E-state index contributed by atoms with van der Waals surface area (Å²) in [5, 5.41) is 3.25. The van der Waals surface area contributed by atoms with E-state index in [2.05, 4.69) is 24.1 Å². The molecule has 4 rings (SSSR count). The zero-order valence-corrected chi connectivity index (χ0v) is 15.9. The van der Waals surface area contributed by atoms with E-state index in [1.54, 1.807) is 0 Å². The number of piperidine rings is 1. The van der Waals surface area contributed by atoms with E-state index >= 15 is 0 Å². The van der Waals surface area contributed by atoms with Crippen LogP contribution in [0.1, 0.15) is 46.1 Å². The highest BCUT2D eigenvalue weighted by Crippen LogP contribution is 2.26. The van der Waals surface area contributed by atoms with Crippen LogP contribution >= 0.6 is 0 Å². The highest BCUT2D eigenvalue weighted by molar-refractivity contribution is 5.75. The van der Waals surface area contributed by atoms with E-state index in [0.29, 0.717) is 6.04 Å². The van der Waals surface area contributed by atoms with Crippen molar-refractivity contribution in [2.45, 2.75) is 58.2 Å². The largest absolute Gasteiger partial charge is 0.491 e. The Morgan fingerprint density at radius 2 is 1.92 bits per heavy atom. The van der Waals surface area contributed by atoms with Gasteiger partial charge in [-0.05, 0) is 58.2 Å². The summed E-state index contributed by atoms with van der Waals surface area (Å²) in [4.78, 5) is 17.5. The Morgan fingerprint density at radius 1 is 1.20 bits per heavy atom. The number of rotatable bonds is 4. The number of ether oxygens (including phenoxy) is 1. The molecule has 1 aromatic carbocycles. The van der Waals surface area contributed by atoms with Crippen molar-refractivity contribution in [2.24, 2.45) is 0 Å². The molecule has 3 fully saturated rings. The average molecular weight is 345 g/mol. The maximum absolute atomic E-state index is 13.0. The van der Waals surface area contributed by atoms with E-state index in [0.717, 1.165) is 50.3 Å². The Hall–Kier alpha value is -1.75. The van der Waals surface area contributed by atoms with Crippen LogP contribution in [-0.2, 0) is 5.54 Å². The minimum atomic E-state index is -0.446. The lowest BCUT2D eigenvalue weighted by Crippen LogP contribution is -2.52. The molecule has 3 saturated heterocycles. The molecular formula is C20H31N3O2. The van der Waals surface area contributed by atoms with Crippen LogP contribution in [0.4, 0.5) is 4.79 Å². The summed E-state index contributed by atoms with van der Waals surface area (Å²) in [6.07, 6.45) is 2.31. The van der Waals surface area contributed by atoms with Crippen molar-refractivity contribution in [2.75, 3.05) is 26.2 Å². The molecule has 0 spiro atoms. The summed E-state index contributed by atoms with van der Waals surface area (Å²) in [6, 6.07) is 8.46. The maximum Gasteiger partial charge on any atom is 0.318 e. The zero-order chi connectivity index (χ0) is 18.0. The van der Waals surface area contributed by atoms with Crippen LogP contribution in [0.5, 0.6) is 5.75 Å². The Bertz CT molecular complexity index is 607. The molecule has 1 N–H and O–H groups in total. The second-order valence-corrected chi connectivity index (χ2v) is 8.02. The minimum absolute atomic E-state index is 0.0499. The summed E-state index contributed by atoms with van der Waals surface area (Å²) in [5.74, 6) is 0.844. The molecule has 2 amide bonds. The summed E-state index contributed by atoms with van der Waals surface area (Å²) >= 11 is 0. The third-order valence-electron chi connectivity index (χ3n) is 5.26. The lowest BCUT2D eigenvalue weighted by Gasteiger charge is -2.35. The van der Waals surface area contributed by atoms with Crippen LogP contribution < -0.4 is 10.1 Å². The fourth-order valence-corrected chi connectivity index (χ4v) is 3.80. The molecule has 0 radical (unpaired) electrons. The number of nitrogens with zero attached hydrogens (tertiary/aromatic N) is 2. The van der Waals surface area contributed by atoms with E-state index in [9.17, 15) is 4.79 Å². The molecule has 25 heavy (non-hydrogen) atoms. The normalized spacial score (nSPS) is 23.5. The first-order valence-corrected chi connectivity index (χ1v) is 9.43. The lowest BCUT2D eigenvalue weighted by molar-refractivity contribution is 0.161. The number of benzene rings is 1. The Kier molecular flexibility index (Phi) is 5.23. The summed E-state index contributed by atoms with van der Waals surface area (Å²) in [6.45, 7) is 12.2. The topological polar surface area (TPSA) is 44.8 Å². The summed E-state index contributed by atoms with van der Waals surface area (Å²) in [7, 11) is 0. The fourth-order valence-electron chi connectivity index (χ4n) is 3.80. The van der Waals surface area contributed by atoms with Gasteiger partial charge in [0.05, 0.1) is 11.6 Å². The van der Waals surface area contributed by atoms with Crippen LogP contribution in [0.25, 0.3) is 0 Å². The Morgan fingerprint density at radius 3 is 2.60 bits per heavy atom. The maximum atomic E-state index is 13.0. The Labute approximate surface area is 151 Å². The first-order valence-electron chi connectivity index (χ1n) is 9.43. The molecule has 138 valence electrons. The van der Waals surface area contributed by atoms with Gasteiger partial charge in [-0.1, -0.05) is 12.1 Å². The van der Waals surface area contributed by atoms with Gasteiger partial charge in [-0.3, -0.25) is 0 Å². The van der Waals surface area contributed by atoms with Crippen LogP contribution in [0.2, 0.25) is 0 Å². The molecule has 0 aliphatic carbocycles. The smallest absolute Gasteiger partial charge is 0.318 e. The van der Waals surface area contributed by atoms with Crippen molar-refractivity contribution in [3.8, 4) is 5.75 Å². The number of nitrogens with one attached hydrogen (secondary N) is 1. The molecular weight excluding hydrogens is 314 g/mol. The first-order chi connectivity index (χ1) is 11.8. The predicted molar refractivity (Wildman–Crippen MR) is 99.9 cm³/mol. The van der Waals surface area contributed by atoms with Gasteiger partial charge in [-0.15, -0.1) is 0 Å². The molecule has 1 aromatic rings. The number of carbonyl (C=O) groups is 1. The first kappa shape index (κ1) is 18.1. The number of fused-ring (bicyclic) bond motifs is 4. The van der Waals surface area contributed by atoms with Gasteiger partial charge in [0, 0.05) is 32.2 Å². The highest BCUT2D eigenvalue weighted by Gasteiger charge is 2.34. The van der Waals surface area contributed by atoms with Crippen LogP contribution in [0, 0.1) is 0 Å². The molecule has 3 heterocycles. The predicted octanol–water partition coefficient (Wildman–Crippen LogP) is 3.20. The monoisotopic (exact) mass is 345 g/mol. The number of hydrogen-bond acceptors (Lipinski definition) is 3. The van der Waals surface area contributed by atoms with Gasteiger partial charge in [0.15, 0.2) is 0 Å². The highest BCUT2D eigenvalue weighted by atomic mass is 16.5. The van der Waals surface area contributed by atoms with E-state index in [1.807, 2.05) is 43.0 Å². The third kappa shape index (κ3) is 4.27. The molecule has 5 nitrogen and oxygen atoms in total. The van der Waals surface area contributed by atoms with Gasteiger partial charge in [0.1, 0.15) is 5.75 Å². The number of hydrogen-bond donors (Lipinski definition) is 1. The Balaban J connectivity index is 1.71. The standard InChI is InChI=1S/C20H31N3O2/c1-15(2)25-18-7-5-6-16(14-18)20(3,4)21-19(24)23-13-12-22-10-8-17(23)9-11-22/h5-7,14-15,17H,8-13H2,1-4H3,(H,21,24). The fraction of sp³-hybridized carbons (Fsp3) is 0.650. The second kappa shape index (κ2) is 7.24. The molecule has 0 atom stereocenters. The van der Waals surface area contributed by atoms with Crippen molar-refractivity contribution < 1.29 is 9.53 Å². The lowest BCUT2D eigenvalue weighted by atomic mass is 9.94. The molecule has 0 saturated carbocycles. The van der Waals surface area contributed by atoms with E-state index in [1.165, 1.54) is 0 Å². The van der Waals surface area contributed by atoms with Crippen molar-refractivity contribution in [3.63, 3.8) is 0 Å². The van der Waals surface area contributed by atoms with Gasteiger partial charge in [-0.2, -0.15) is 0 Å². The van der Waals surface area contributed by atoms with Gasteiger partial charge >= 0.3 is 6.03 Å². The van der Waals surface area contributed by atoms with Gasteiger partial charge in [0.25, 0.3) is 0 Å². The second-order valence-electron chi connectivity index (χ2n) is 8.02. The van der Waals surface area contributed by atoms with Crippen molar-refractivity contribution in [1.29, 1.82) is 0 Å². The summed E-state index contributed by atoms with van der Waals surface area (Å²) < 4.78 is 5.80. The molecule has 2 bridgehead atoms. The van der Waals surface area contributed by atoms with Gasteiger partial charge in [-0.25, -0.2) is 4.79 Å². The van der Waals surface area contributed by atoms with Crippen molar-refractivity contribution in [3.05, 3.63) is 29.8 Å². The number of carbonyl (C=O) groups excluding carboxylic acids is 1. The van der Waals surface area contributed by atoms with Gasteiger partial charge in [0.2, 0.25) is 0 Å². The van der Waals surface area contributed by atoms with Crippen LogP contribution in [0.3, 0.4) is 0 Å². The number of urea groups is 1. The van der Waals surface area contributed by atoms with Crippen LogP contribution in [-0.4, -0.2) is 54.2 Å².